The van der Waals surface area contributed by atoms with E-state index in [9.17, 15) is 74.1 Å². The number of hydrogen-bond acceptors (Lipinski definition) is 16. The van der Waals surface area contributed by atoms with Gasteiger partial charge in [-0.1, -0.05) is 70.2 Å². The molecule has 1 fully saturated rings. The fourth-order valence-corrected chi connectivity index (χ4v) is 6.96. The molecule has 1 heterocycles. The zero-order chi connectivity index (χ0) is 51.0. The van der Waals surface area contributed by atoms with Crippen LogP contribution in [0.3, 0.4) is 0 Å². The number of rotatable bonds is 25. The number of benzene rings is 2. The first-order valence-corrected chi connectivity index (χ1v) is 21.8. The number of phenolic OH excluding ortho intramolecular Hbond substituents is 1. The van der Waals surface area contributed by atoms with Crippen molar-refractivity contribution in [2.75, 3.05) is 13.2 Å². The molecule has 1 saturated heterocycles. The number of primary amides is 1. The molecule has 24 heteroatoms. The van der Waals surface area contributed by atoms with E-state index in [-0.39, 0.29) is 18.6 Å². The number of aliphatic hydroxyl groups excluding tert-OH is 5. The molecule has 0 unspecified atom stereocenters. The zero-order valence-electron chi connectivity index (χ0n) is 38.2. The van der Waals surface area contributed by atoms with E-state index < -0.39 is 152 Å². The number of nitrogens with one attached hydrogen (secondary N) is 7. The minimum absolute atomic E-state index is 0.0743. The number of aliphatic carboxylic acids is 1. The highest BCUT2D eigenvalue weighted by atomic mass is 16.6. The molecule has 12 atom stereocenters. The molecule has 376 valence electrons. The summed E-state index contributed by atoms with van der Waals surface area (Å²) in [5.41, 5.74) is 6.21. The van der Waals surface area contributed by atoms with Gasteiger partial charge in [0, 0.05) is 6.42 Å². The number of amides is 7. The standard InChI is InChI=1S/C44H64N8O16/c1-20(2)32(42(66)49-29(18-53)37(45)61)52-43(67)33(21(3)4)51-41(65)28(17-31(56)57)48-40(64)26(15-23-9-7-6-8-10-23)47-38(62)22(5)46-39(63)27(16-24-11-13-25(55)14-12-24)50-44-36(60)35(59)34(58)30(19-54)68-44/h6-14,20-22,26-30,32-36,44,50,53-55,58-60H,15-19H2,1-5H3,(H2,45,61)(H,46,63)(H,47,62)(H,48,64)(H,49,66)(H,51,65)(H,52,67)(H,56,57)/t22-,26+,27+,28+,29+,30-,32+,33+,34-,35+,36-,44-/m1/s1. The van der Waals surface area contributed by atoms with E-state index >= 15 is 0 Å². The van der Waals surface area contributed by atoms with E-state index in [1.165, 1.54) is 31.2 Å². The predicted octanol–water partition coefficient (Wildman–Crippen LogP) is -4.87. The van der Waals surface area contributed by atoms with Crippen LogP contribution >= 0.6 is 0 Å². The van der Waals surface area contributed by atoms with E-state index in [1.54, 1.807) is 58.0 Å². The van der Waals surface area contributed by atoms with Gasteiger partial charge in [0.1, 0.15) is 72.6 Å². The van der Waals surface area contributed by atoms with Crippen LogP contribution in [-0.4, -0.2) is 169 Å². The summed E-state index contributed by atoms with van der Waals surface area (Å²) < 4.78 is 5.54. The van der Waals surface area contributed by atoms with Gasteiger partial charge >= 0.3 is 5.97 Å². The summed E-state index contributed by atoms with van der Waals surface area (Å²) in [5.74, 6) is -9.58. The van der Waals surface area contributed by atoms with Crippen LogP contribution in [0.25, 0.3) is 0 Å². The maximum Gasteiger partial charge on any atom is 0.305 e. The van der Waals surface area contributed by atoms with Crippen molar-refractivity contribution >= 4 is 47.3 Å². The third-order valence-corrected chi connectivity index (χ3v) is 11.0. The molecule has 16 N–H and O–H groups in total. The van der Waals surface area contributed by atoms with Gasteiger partial charge in [0.2, 0.25) is 41.4 Å². The Balaban J connectivity index is 1.84. The van der Waals surface area contributed by atoms with Gasteiger partial charge in [-0.25, -0.2) is 0 Å². The number of carbonyl (C=O) groups is 8. The first-order chi connectivity index (χ1) is 32.0. The fraction of sp³-hybridized carbons (Fsp3) is 0.545. The number of aliphatic hydroxyl groups is 5. The van der Waals surface area contributed by atoms with Crippen LogP contribution in [-0.2, 0) is 55.9 Å². The summed E-state index contributed by atoms with van der Waals surface area (Å²) in [6, 6.07) is 3.73. The van der Waals surface area contributed by atoms with Gasteiger partial charge in [0.25, 0.3) is 0 Å². The van der Waals surface area contributed by atoms with E-state index in [2.05, 4.69) is 37.2 Å². The van der Waals surface area contributed by atoms with Gasteiger partial charge in [-0.15, -0.1) is 0 Å². The number of ether oxygens (including phenoxy) is 1. The molecule has 0 radical (unpaired) electrons. The molecule has 2 aromatic carbocycles. The normalized spacial score (nSPS) is 21.1. The summed E-state index contributed by atoms with van der Waals surface area (Å²) in [5, 5.41) is 87.3. The van der Waals surface area contributed by atoms with Gasteiger partial charge < -0.3 is 78.1 Å². The largest absolute Gasteiger partial charge is 0.508 e. The molecule has 7 amide bonds. The molecule has 1 aliphatic heterocycles. The highest BCUT2D eigenvalue weighted by molar-refractivity contribution is 5.98. The minimum Gasteiger partial charge on any atom is -0.508 e. The van der Waals surface area contributed by atoms with Gasteiger partial charge in [-0.3, -0.25) is 43.7 Å². The summed E-state index contributed by atoms with van der Waals surface area (Å²) in [4.78, 5) is 106. The van der Waals surface area contributed by atoms with Crippen LogP contribution in [0.5, 0.6) is 5.75 Å². The van der Waals surface area contributed by atoms with Crippen molar-refractivity contribution in [3.8, 4) is 5.75 Å². The second-order valence-corrected chi connectivity index (χ2v) is 17.1. The number of carbonyl (C=O) groups excluding carboxylic acids is 7. The number of carboxylic acid groups (broad SMARTS) is 1. The third-order valence-electron chi connectivity index (χ3n) is 11.0. The molecule has 0 saturated carbocycles. The monoisotopic (exact) mass is 960 g/mol. The Morgan fingerprint density at radius 3 is 1.60 bits per heavy atom. The molecule has 0 spiro atoms. The van der Waals surface area contributed by atoms with E-state index in [4.69, 9.17) is 10.5 Å². The van der Waals surface area contributed by atoms with E-state index in [0.29, 0.717) is 11.1 Å². The highest BCUT2D eigenvalue weighted by Crippen LogP contribution is 2.21. The van der Waals surface area contributed by atoms with E-state index in [0.717, 1.165) is 0 Å². The van der Waals surface area contributed by atoms with Crippen LogP contribution in [0.4, 0.5) is 0 Å². The fourth-order valence-electron chi connectivity index (χ4n) is 6.96. The van der Waals surface area contributed by atoms with Crippen molar-refractivity contribution in [2.24, 2.45) is 17.6 Å². The van der Waals surface area contributed by atoms with Crippen LogP contribution in [0.15, 0.2) is 54.6 Å². The molecule has 2 aromatic rings. The Labute approximate surface area is 391 Å². The third kappa shape index (κ3) is 16.5. The molecule has 24 nitrogen and oxygen atoms in total. The van der Waals surface area contributed by atoms with Gasteiger partial charge in [-0.05, 0) is 48.4 Å². The SMILES string of the molecule is CC(C)[C@H](NC(=O)[C@H](CC(=O)O)NC(=O)[C@H](Cc1ccccc1)NC(=O)[C@@H](C)NC(=O)[C@H](Cc1ccc(O)cc1)N[C@@H]1O[C@H](CO)[C@@H](O)[C@H](O)[C@H]1O)C(=O)N[C@H](C(=O)N[C@@H](CO)C(N)=O)C(C)C. The first-order valence-electron chi connectivity index (χ1n) is 21.8. The zero-order valence-corrected chi connectivity index (χ0v) is 38.2. The number of hydrogen-bond donors (Lipinski definition) is 15. The Bertz CT molecular complexity index is 2040. The number of aromatic hydroxyl groups is 1. The lowest BCUT2D eigenvalue weighted by molar-refractivity contribution is -0.238. The Kier molecular flexibility index (Phi) is 21.7. The Morgan fingerprint density at radius 2 is 1.07 bits per heavy atom. The predicted molar refractivity (Wildman–Crippen MR) is 238 cm³/mol. The van der Waals surface area contributed by atoms with Gasteiger partial charge in [-0.2, -0.15) is 0 Å². The van der Waals surface area contributed by atoms with Crippen molar-refractivity contribution in [2.45, 2.75) is 127 Å². The highest BCUT2D eigenvalue weighted by Gasteiger charge is 2.45. The maximum atomic E-state index is 14.0. The van der Waals surface area contributed by atoms with Crippen molar-refractivity contribution in [3.63, 3.8) is 0 Å². The van der Waals surface area contributed by atoms with Crippen LogP contribution in [0, 0.1) is 11.8 Å². The Morgan fingerprint density at radius 1 is 0.588 bits per heavy atom. The van der Waals surface area contributed by atoms with Crippen molar-refractivity contribution in [1.82, 2.24) is 37.2 Å². The number of carboxylic acids is 1. The second kappa shape index (κ2) is 26.3. The lowest BCUT2D eigenvalue weighted by Gasteiger charge is -2.41. The minimum atomic E-state index is -1.83. The molecule has 68 heavy (non-hydrogen) atoms. The topological polar surface area (TPSA) is 398 Å². The molecule has 0 aliphatic carbocycles. The quantitative estimate of drug-likeness (QED) is 0.0444. The molecular weight excluding hydrogens is 897 g/mol. The average Bonchev–Trinajstić information content (AvgIpc) is 3.28. The summed E-state index contributed by atoms with van der Waals surface area (Å²) >= 11 is 0. The molecule has 1 aliphatic rings. The Hall–Kier alpha value is -6.28. The lowest BCUT2D eigenvalue weighted by Crippen LogP contribution is -2.65. The average molecular weight is 961 g/mol. The first kappa shape index (κ1) is 56.0. The molecular formula is C44H64N8O16. The second-order valence-electron chi connectivity index (χ2n) is 17.1. The molecule has 0 aromatic heterocycles. The van der Waals surface area contributed by atoms with Crippen LogP contribution in [0.1, 0.15) is 52.2 Å². The van der Waals surface area contributed by atoms with Crippen molar-refractivity contribution in [1.29, 1.82) is 0 Å². The summed E-state index contributed by atoms with van der Waals surface area (Å²) in [6.07, 6.45) is -9.43. The molecule has 0 bridgehead atoms. The number of phenols is 1. The summed E-state index contributed by atoms with van der Waals surface area (Å²) in [7, 11) is 0. The van der Waals surface area contributed by atoms with Crippen molar-refractivity contribution in [3.05, 3.63) is 65.7 Å². The molecule has 3 rings (SSSR count). The van der Waals surface area contributed by atoms with Crippen LogP contribution in [0.2, 0.25) is 0 Å². The van der Waals surface area contributed by atoms with Crippen LogP contribution < -0.4 is 43.0 Å². The van der Waals surface area contributed by atoms with Gasteiger partial charge in [0.15, 0.2) is 0 Å². The van der Waals surface area contributed by atoms with Crippen molar-refractivity contribution < 1.29 is 78.8 Å². The van der Waals surface area contributed by atoms with E-state index in [1.807, 2.05) is 0 Å². The smallest absolute Gasteiger partial charge is 0.305 e. The van der Waals surface area contributed by atoms with Gasteiger partial charge in [0.05, 0.1) is 25.7 Å². The summed E-state index contributed by atoms with van der Waals surface area (Å²) in [6.45, 7) is 5.95. The number of nitrogens with two attached hydrogens (primary N) is 1. The lowest BCUT2D eigenvalue weighted by atomic mass is 9.97. The maximum absolute atomic E-state index is 14.0.